The van der Waals surface area contributed by atoms with Gasteiger partial charge in [-0.15, -0.1) is 0 Å². The van der Waals surface area contributed by atoms with Gasteiger partial charge in [0.05, 0.1) is 29.6 Å². The van der Waals surface area contributed by atoms with Crippen LogP contribution in [0.5, 0.6) is 0 Å². The van der Waals surface area contributed by atoms with E-state index < -0.39 is 34.3 Å². The fraction of sp³-hybridized carbons (Fsp3) is 0.750. The quantitative estimate of drug-likeness (QED) is 0.414. The Morgan fingerprint density at radius 3 is 2.50 bits per heavy atom. The van der Waals surface area contributed by atoms with Crippen molar-refractivity contribution in [3.05, 3.63) is 29.8 Å². The van der Waals surface area contributed by atoms with Crippen molar-refractivity contribution in [2.75, 3.05) is 39.7 Å². The van der Waals surface area contributed by atoms with Crippen molar-refractivity contribution in [3.8, 4) is 0 Å². The SMILES string of the molecule is CCN1C[C@]2(OC(=O)c3ccccc3NC(C)=O)CC[C@H](OC)C34C1C(C[C@@H]32)[C@@]1(O)C[C@H](OC)[C@@H]2C[C@H]4[C@]1(O)[C@H]2OC. The van der Waals surface area contributed by atoms with Crippen molar-refractivity contribution >= 4 is 17.6 Å². The molecule has 12 atom stereocenters. The number of carbonyl (C=O) groups is 2. The molecule has 1 aromatic rings. The van der Waals surface area contributed by atoms with Gasteiger partial charge < -0.3 is 34.5 Å². The topological polar surface area (TPSA) is 127 Å². The monoisotopic (exact) mass is 584 g/mol. The number of esters is 1. The van der Waals surface area contributed by atoms with Crippen molar-refractivity contribution < 1.29 is 38.7 Å². The zero-order chi connectivity index (χ0) is 29.8. The summed E-state index contributed by atoms with van der Waals surface area (Å²) in [6.07, 6.45) is 1.91. The summed E-state index contributed by atoms with van der Waals surface area (Å²) in [7, 11) is 5.05. The third-order valence-electron chi connectivity index (χ3n) is 12.6. The van der Waals surface area contributed by atoms with E-state index in [1.54, 1.807) is 45.6 Å². The second-order valence-corrected chi connectivity index (χ2v) is 13.7. The molecule has 5 saturated carbocycles. The molecule has 6 fully saturated rings. The summed E-state index contributed by atoms with van der Waals surface area (Å²) < 4.78 is 25.1. The highest BCUT2D eigenvalue weighted by Crippen LogP contribution is 2.79. The van der Waals surface area contributed by atoms with Gasteiger partial charge in [0, 0.05) is 76.3 Å². The predicted octanol–water partition coefficient (Wildman–Crippen LogP) is 2.22. The molecule has 3 N–H and O–H groups in total. The molecule has 1 spiro atoms. The van der Waals surface area contributed by atoms with Gasteiger partial charge in [0.2, 0.25) is 5.91 Å². The normalized spacial score (nSPS) is 48.2. The second-order valence-electron chi connectivity index (χ2n) is 13.7. The van der Waals surface area contributed by atoms with E-state index in [1.807, 2.05) is 0 Å². The smallest absolute Gasteiger partial charge is 0.340 e. The van der Waals surface area contributed by atoms with E-state index in [4.69, 9.17) is 18.9 Å². The number of hydrogen-bond acceptors (Lipinski definition) is 9. The molecule has 1 saturated heterocycles. The summed E-state index contributed by atoms with van der Waals surface area (Å²) >= 11 is 0. The number of aliphatic hydroxyl groups is 2. The van der Waals surface area contributed by atoms with Crippen LogP contribution < -0.4 is 5.32 Å². The average molecular weight is 585 g/mol. The lowest BCUT2D eigenvalue weighted by Gasteiger charge is -2.70. The minimum Gasteiger partial charge on any atom is -0.454 e. The lowest BCUT2D eigenvalue weighted by atomic mass is 9.44. The highest BCUT2D eigenvalue weighted by Gasteiger charge is 2.89. The van der Waals surface area contributed by atoms with E-state index in [9.17, 15) is 19.8 Å². The molecule has 0 aromatic heterocycles. The zero-order valence-corrected chi connectivity index (χ0v) is 25.2. The maximum Gasteiger partial charge on any atom is 0.340 e. The molecule has 7 rings (SSSR count). The Labute approximate surface area is 247 Å². The lowest BCUT2D eigenvalue weighted by Crippen LogP contribution is -2.83. The maximum atomic E-state index is 14.0. The van der Waals surface area contributed by atoms with Crippen LogP contribution in [0.2, 0.25) is 0 Å². The van der Waals surface area contributed by atoms with Crippen molar-refractivity contribution in [3.63, 3.8) is 0 Å². The van der Waals surface area contributed by atoms with Crippen LogP contribution in [0.4, 0.5) is 5.69 Å². The number of nitrogens with zero attached hydrogens (tertiary/aromatic N) is 1. The summed E-state index contributed by atoms with van der Waals surface area (Å²) in [5.74, 6) is -1.54. The van der Waals surface area contributed by atoms with Crippen molar-refractivity contribution in [1.82, 2.24) is 4.90 Å². The van der Waals surface area contributed by atoms with Crippen LogP contribution in [0.1, 0.15) is 56.3 Å². The highest BCUT2D eigenvalue weighted by atomic mass is 16.6. The molecule has 7 bridgehead atoms. The molecule has 42 heavy (non-hydrogen) atoms. The number of rotatable bonds is 7. The number of methoxy groups -OCH3 is 3. The maximum absolute atomic E-state index is 14.0. The van der Waals surface area contributed by atoms with Crippen molar-refractivity contribution in [2.24, 2.45) is 29.1 Å². The van der Waals surface area contributed by atoms with E-state index in [-0.39, 0.29) is 47.8 Å². The van der Waals surface area contributed by atoms with E-state index in [2.05, 4.69) is 17.1 Å². The Hall–Kier alpha value is -2.08. The molecule has 0 radical (unpaired) electrons. The first-order chi connectivity index (χ1) is 20.1. The van der Waals surface area contributed by atoms with E-state index in [1.165, 1.54) is 6.92 Å². The number of anilines is 1. The van der Waals surface area contributed by atoms with E-state index in [0.717, 1.165) is 0 Å². The van der Waals surface area contributed by atoms with Gasteiger partial charge in [-0.3, -0.25) is 9.69 Å². The van der Waals surface area contributed by atoms with Gasteiger partial charge in [-0.2, -0.15) is 0 Å². The highest BCUT2D eigenvalue weighted by molar-refractivity contribution is 6.00. The number of nitrogens with one attached hydrogen (secondary N) is 1. The molecule has 6 aliphatic rings. The Morgan fingerprint density at radius 1 is 1.07 bits per heavy atom. The van der Waals surface area contributed by atoms with Crippen LogP contribution in [-0.4, -0.2) is 103 Å². The third-order valence-corrected chi connectivity index (χ3v) is 12.6. The zero-order valence-electron chi connectivity index (χ0n) is 25.2. The van der Waals surface area contributed by atoms with Crippen LogP contribution in [0.15, 0.2) is 24.3 Å². The first-order valence-electron chi connectivity index (χ1n) is 15.4. The van der Waals surface area contributed by atoms with Crippen LogP contribution in [-0.2, 0) is 23.7 Å². The van der Waals surface area contributed by atoms with Crippen molar-refractivity contribution in [2.45, 2.75) is 87.1 Å². The van der Waals surface area contributed by atoms with Crippen LogP contribution in [0.3, 0.4) is 0 Å². The molecular weight excluding hydrogens is 540 g/mol. The number of ether oxygens (including phenoxy) is 4. The summed E-state index contributed by atoms with van der Waals surface area (Å²) in [4.78, 5) is 28.3. The number of amides is 1. The van der Waals surface area contributed by atoms with Gasteiger partial charge in [-0.25, -0.2) is 4.79 Å². The fourth-order valence-corrected chi connectivity index (χ4v) is 11.6. The third kappa shape index (κ3) is 3.21. The Balaban J connectivity index is 1.38. The molecule has 10 nitrogen and oxygen atoms in total. The standard InChI is InChI=1S/C32H44N2O8/c1-6-34-16-29(42-28(36)18-9-7-8-10-21(18)33-17(2)35)12-11-25(40-4)31-23(29)14-20(26(31)34)30(37)15-22(39-3)19-13-24(31)32(30,38)27(19)41-5/h7-10,19-20,22-27,37-38H,6,11-16H2,1-5H3,(H,33,35)/t19-,20?,22-,23+,24+,25-,26?,27-,29+,30-,31?,32-/m0/s1. The van der Waals surface area contributed by atoms with Gasteiger partial charge in [-0.1, -0.05) is 19.1 Å². The average Bonchev–Trinajstić information content (AvgIpc) is 3.39. The molecule has 1 aliphatic heterocycles. The number of piperidine rings is 1. The van der Waals surface area contributed by atoms with Crippen molar-refractivity contribution in [1.29, 1.82) is 0 Å². The van der Waals surface area contributed by atoms with E-state index >= 15 is 0 Å². The minimum atomic E-state index is -1.48. The number of likely N-dealkylation sites (tertiary alicyclic amines) is 1. The predicted molar refractivity (Wildman–Crippen MR) is 152 cm³/mol. The Kier molecular flexibility index (Phi) is 6.46. The summed E-state index contributed by atoms with van der Waals surface area (Å²) in [5.41, 5.74) is -3.57. The van der Waals surface area contributed by atoms with E-state index in [0.29, 0.717) is 56.4 Å². The number of benzene rings is 1. The van der Waals surface area contributed by atoms with Gasteiger partial charge in [0.25, 0.3) is 0 Å². The molecule has 230 valence electrons. The molecule has 3 unspecified atom stereocenters. The largest absolute Gasteiger partial charge is 0.454 e. The lowest BCUT2D eigenvalue weighted by molar-refractivity contribution is -0.337. The number of likely N-dealkylation sites (N-methyl/N-ethyl adjacent to an activating group) is 1. The first-order valence-corrected chi connectivity index (χ1v) is 15.4. The number of carbonyl (C=O) groups excluding carboxylic acids is 2. The number of para-hydroxylation sites is 1. The molecule has 1 aromatic carbocycles. The summed E-state index contributed by atoms with van der Waals surface area (Å²) in [5, 5.41) is 28.4. The molecule has 10 heteroatoms. The minimum absolute atomic E-state index is 0.0432. The van der Waals surface area contributed by atoms with Gasteiger partial charge in [-0.05, 0) is 44.4 Å². The van der Waals surface area contributed by atoms with Gasteiger partial charge in [0.1, 0.15) is 16.8 Å². The fourth-order valence-electron chi connectivity index (χ4n) is 11.6. The molecule has 1 amide bonds. The number of fused-ring (bicyclic) bond motifs is 2. The first kappa shape index (κ1) is 28.7. The summed E-state index contributed by atoms with van der Waals surface area (Å²) in [6, 6.07) is 6.89. The summed E-state index contributed by atoms with van der Waals surface area (Å²) in [6.45, 7) is 4.79. The van der Waals surface area contributed by atoms with Crippen LogP contribution in [0, 0.1) is 29.1 Å². The number of hydrogen-bond donors (Lipinski definition) is 3. The molecular formula is C32H44N2O8. The van der Waals surface area contributed by atoms with Crippen LogP contribution in [0.25, 0.3) is 0 Å². The molecule has 5 aliphatic carbocycles. The van der Waals surface area contributed by atoms with Crippen LogP contribution >= 0.6 is 0 Å². The van der Waals surface area contributed by atoms with Gasteiger partial charge >= 0.3 is 5.97 Å². The molecule has 1 heterocycles. The Morgan fingerprint density at radius 2 is 1.83 bits per heavy atom. The van der Waals surface area contributed by atoms with Gasteiger partial charge in [0.15, 0.2) is 0 Å². The second kappa shape index (κ2) is 9.46. The Bertz CT molecular complexity index is 1290.